The minimum absolute atomic E-state index is 0.179. The maximum Gasteiger partial charge on any atom is 0.325 e. The molecule has 1 N–H and O–H groups in total. The molecule has 2 aromatic rings. The van der Waals surface area contributed by atoms with E-state index in [1.54, 1.807) is 14.0 Å². The average Bonchev–Trinajstić information content (AvgIpc) is 2.80. The van der Waals surface area contributed by atoms with E-state index in [0.29, 0.717) is 5.75 Å². The Kier molecular flexibility index (Phi) is 4.01. The highest BCUT2D eigenvalue weighted by molar-refractivity contribution is 6.07. The summed E-state index contributed by atoms with van der Waals surface area (Å²) in [7, 11) is 1.58. The van der Waals surface area contributed by atoms with Crippen molar-refractivity contribution in [3.8, 4) is 5.75 Å². The molecular weight excluding hydrogens is 304 g/mol. The summed E-state index contributed by atoms with van der Waals surface area (Å²) in [5.74, 6) is 0.400. The fourth-order valence-electron chi connectivity index (χ4n) is 3.01. The minimum atomic E-state index is -1.05. The quantitative estimate of drug-likeness (QED) is 0.880. The summed E-state index contributed by atoms with van der Waals surface area (Å²) in [5, 5.41) is 2.82. The number of nitrogens with zero attached hydrogens (tertiary/aromatic N) is 1. The van der Waals surface area contributed by atoms with E-state index in [0.717, 1.165) is 16.7 Å². The fraction of sp³-hybridized carbons (Fsp3) is 0.263. The molecule has 3 amide bonds. The number of carbonyl (C=O) groups is 2. The molecule has 124 valence electrons. The molecule has 1 fully saturated rings. The van der Waals surface area contributed by atoms with Gasteiger partial charge < -0.3 is 10.1 Å². The normalized spacial score (nSPS) is 20.2. The molecule has 24 heavy (non-hydrogen) atoms. The smallest absolute Gasteiger partial charge is 0.325 e. The van der Waals surface area contributed by atoms with Gasteiger partial charge in [-0.2, -0.15) is 0 Å². The number of benzene rings is 2. The predicted octanol–water partition coefficient (Wildman–Crippen LogP) is 2.97. The SMILES string of the molecule is COc1ccc(C)cc1CN1C(=O)N[C@](C)(c2ccccc2)C1=O. The molecule has 1 atom stereocenters. The predicted molar refractivity (Wildman–Crippen MR) is 90.6 cm³/mol. The van der Waals surface area contributed by atoms with E-state index >= 15 is 0 Å². The van der Waals surface area contributed by atoms with Gasteiger partial charge in [-0.25, -0.2) is 4.79 Å². The Bertz CT molecular complexity index is 788. The van der Waals surface area contributed by atoms with Crippen LogP contribution >= 0.6 is 0 Å². The Hall–Kier alpha value is -2.82. The molecule has 2 aromatic carbocycles. The van der Waals surface area contributed by atoms with Gasteiger partial charge in [-0.1, -0.05) is 48.0 Å². The van der Waals surface area contributed by atoms with E-state index in [1.807, 2.05) is 55.5 Å². The summed E-state index contributed by atoms with van der Waals surface area (Å²) in [5.41, 5.74) is 1.57. The van der Waals surface area contributed by atoms with E-state index in [2.05, 4.69) is 5.32 Å². The number of nitrogens with one attached hydrogen (secondary N) is 1. The summed E-state index contributed by atoms with van der Waals surface area (Å²) >= 11 is 0. The van der Waals surface area contributed by atoms with Gasteiger partial charge in [0.15, 0.2) is 0 Å². The highest BCUT2D eigenvalue weighted by Gasteiger charge is 2.48. The third-order valence-corrected chi connectivity index (χ3v) is 4.39. The molecule has 0 unspecified atom stereocenters. The van der Waals surface area contributed by atoms with Crippen molar-refractivity contribution in [2.45, 2.75) is 25.9 Å². The number of imide groups is 1. The molecule has 3 rings (SSSR count). The van der Waals surface area contributed by atoms with Crippen molar-refractivity contribution < 1.29 is 14.3 Å². The Morgan fingerprint density at radius 1 is 1.12 bits per heavy atom. The standard InChI is InChI=1S/C19H20N2O3/c1-13-9-10-16(24-3)14(11-13)12-21-17(22)19(2,20-18(21)23)15-7-5-4-6-8-15/h4-11H,12H2,1-3H3,(H,20,23)/t19-/m1/s1. The molecular formula is C19H20N2O3. The second kappa shape index (κ2) is 6.00. The lowest BCUT2D eigenvalue weighted by atomic mass is 9.92. The number of amides is 3. The molecule has 0 aromatic heterocycles. The van der Waals surface area contributed by atoms with Crippen LogP contribution in [-0.2, 0) is 16.9 Å². The molecule has 0 spiro atoms. The molecule has 0 aliphatic carbocycles. The van der Waals surface area contributed by atoms with Crippen LogP contribution < -0.4 is 10.1 Å². The van der Waals surface area contributed by atoms with Gasteiger partial charge in [0, 0.05) is 5.56 Å². The summed E-state index contributed by atoms with van der Waals surface area (Å²) in [6.07, 6.45) is 0. The monoisotopic (exact) mass is 324 g/mol. The largest absolute Gasteiger partial charge is 0.496 e. The second-order valence-electron chi connectivity index (χ2n) is 6.13. The van der Waals surface area contributed by atoms with E-state index in [9.17, 15) is 9.59 Å². The van der Waals surface area contributed by atoms with Crippen LogP contribution in [0.15, 0.2) is 48.5 Å². The van der Waals surface area contributed by atoms with Crippen LogP contribution in [0, 0.1) is 6.92 Å². The molecule has 5 heteroatoms. The van der Waals surface area contributed by atoms with Crippen LogP contribution in [0.2, 0.25) is 0 Å². The van der Waals surface area contributed by atoms with Gasteiger partial charge in [0.25, 0.3) is 5.91 Å². The number of urea groups is 1. The zero-order chi connectivity index (χ0) is 17.3. The lowest BCUT2D eigenvalue weighted by Crippen LogP contribution is -2.40. The Labute approximate surface area is 141 Å². The number of aryl methyl sites for hydroxylation is 1. The van der Waals surface area contributed by atoms with E-state index < -0.39 is 11.6 Å². The van der Waals surface area contributed by atoms with Crippen LogP contribution in [0.25, 0.3) is 0 Å². The second-order valence-corrected chi connectivity index (χ2v) is 6.13. The van der Waals surface area contributed by atoms with Gasteiger partial charge in [0.05, 0.1) is 13.7 Å². The van der Waals surface area contributed by atoms with Crippen LogP contribution in [0.3, 0.4) is 0 Å². The summed E-state index contributed by atoms with van der Waals surface area (Å²) in [6.45, 7) is 3.87. The molecule has 0 bridgehead atoms. The number of methoxy groups -OCH3 is 1. The zero-order valence-electron chi connectivity index (χ0n) is 14.0. The van der Waals surface area contributed by atoms with E-state index in [4.69, 9.17) is 4.74 Å². The van der Waals surface area contributed by atoms with Crippen LogP contribution in [0.5, 0.6) is 5.75 Å². The van der Waals surface area contributed by atoms with Gasteiger partial charge in [-0.15, -0.1) is 0 Å². The van der Waals surface area contributed by atoms with Gasteiger partial charge in [0.2, 0.25) is 0 Å². The van der Waals surface area contributed by atoms with E-state index in [-0.39, 0.29) is 12.5 Å². The summed E-state index contributed by atoms with van der Waals surface area (Å²) in [6, 6.07) is 14.6. The number of ether oxygens (including phenoxy) is 1. The Morgan fingerprint density at radius 2 is 1.83 bits per heavy atom. The van der Waals surface area contributed by atoms with E-state index in [1.165, 1.54) is 4.90 Å². The van der Waals surface area contributed by atoms with Crippen molar-refractivity contribution >= 4 is 11.9 Å². The first kappa shape index (κ1) is 16.1. The lowest BCUT2D eigenvalue weighted by Gasteiger charge is -2.22. The number of hydrogen-bond donors (Lipinski definition) is 1. The van der Waals surface area contributed by atoms with Crippen molar-refractivity contribution in [2.24, 2.45) is 0 Å². The highest BCUT2D eigenvalue weighted by Crippen LogP contribution is 2.31. The first-order valence-electron chi connectivity index (χ1n) is 7.79. The fourth-order valence-corrected chi connectivity index (χ4v) is 3.01. The molecule has 1 aliphatic rings. The summed E-state index contributed by atoms with van der Waals surface area (Å²) < 4.78 is 5.35. The van der Waals surface area contributed by atoms with Gasteiger partial charge >= 0.3 is 6.03 Å². The van der Waals surface area contributed by atoms with Crippen molar-refractivity contribution in [3.63, 3.8) is 0 Å². The van der Waals surface area contributed by atoms with Crippen molar-refractivity contribution in [1.29, 1.82) is 0 Å². The van der Waals surface area contributed by atoms with Crippen molar-refractivity contribution in [2.75, 3.05) is 7.11 Å². The highest BCUT2D eigenvalue weighted by atomic mass is 16.5. The molecule has 0 radical (unpaired) electrons. The average molecular weight is 324 g/mol. The molecule has 1 aliphatic heterocycles. The minimum Gasteiger partial charge on any atom is -0.496 e. The first-order chi connectivity index (χ1) is 11.5. The number of hydrogen-bond acceptors (Lipinski definition) is 3. The lowest BCUT2D eigenvalue weighted by molar-refractivity contribution is -0.131. The molecule has 1 heterocycles. The molecule has 0 saturated carbocycles. The topological polar surface area (TPSA) is 58.6 Å². The maximum atomic E-state index is 12.9. The van der Waals surface area contributed by atoms with Gasteiger partial charge in [-0.3, -0.25) is 9.69 Å². The summed E-state index contributed by atoms with van der Waals surface area (Å²) in [4.78, 5) is 26.6. The van der Waals surface area contributed by atoms with Crippen LogP contribution in [0.1, 0.15) is 23.6 Å². The third-order valence-electron chi connectivity index (χ3n) is 4.39. The van der Waals surface area contributed by atoms with Gasteiger partial charge in [0.1, 0.15) is 11.3 Å². The Balaban J connectivity index is 1.92. The van der Waals surface area contributed by atoms with Crippen LogP contribution in [-0.4, -0.2) is 23.9 Å². The zero-order valence-corrected chi connectivity index (χ0v) is 14.0. The molecule has 5 nitrogen and oxygen atoms in total. The van der Waals surface area contributed by atoms with Crippen molar-refractivity contribution in [1.82, 2.24) is 10.2 Å². The number of rotatable bonds is 4. The third kappa shape index (κ3) is 2.62. The molecule has 1 saturated heterocycles. The first-order valence-corrected chi connectivity index (χ1v) is 7.79. The van der Waals surface area contributed by atoms with Crippen LogP contribution in [0.4, 0.5) is 4.79 Å². The van der Waals surface area contributed by atoms with Gasteiger partial charge in [-0.05, 0) is 25.5 Å². The number of carbonyl (C=O) groups excluding carboxylic acids is 2. The maximum absolute atomic E-state index is 12.9. The van der Waals surface area contributed by atoms with Crippen molar-refractivity contribution in [3.05, 3.63) is 65.2 Å². The Morgan fingerprint density at radius 3 is 2.50 bits per heavy atom.